The molecule has 32 heavy (non-hydrogen) atoms. The lowest BCUT2D eigenvalue weighted by atomic mass is 10.1. The first kappa shape index (κ1) is 26.1. The van der Waals surface area contributed by atoms with Gasteiger partial charge < -0.3 is 4.74 Å². The zero-order chi connectivity index (χ0) is 22.7. The molecule has 3 heteroatoms. The minimum absolute atomic E-state index is 0.775. The fourth-order valence-electron chi connectivity index (χ4n) is 3.84. The van der Waals surface area contributed by atoms with Crippen LogP contribution in [0.2, 0.25) is 0 Å². The lowest BCUT2D eigenvalue weighted by Crippen LogP contribution is -1.93. The lowest BCUT2D eigenvalue weighted by molar-refractivity contribution is 0.477. The van der Waals surface area contributed by atoms with Crippen LogP contribution in [0.4, 0.5) is 0 Å². The summed E-state index contributed by atoms with van der Waals surface area (Å²) in [4.78, 5) is 9.12. The average Bonchev–Trinajstić information content (AvgIpc) is 2.83. The third kappa shape index (κ3) is 11.5. The number of aromatic nitrogens is 2. The molecule has 176 valence electrons. The summed E-state index contributed by atoms with van der Waals surface area (Å²) in [5, 5.41) is 0. The van der Waals surface area contributed by atoms with Crippen molar-refractivity contribution < 1.29 is 4.74 Å². The van der Waals surface area contributed by atoms with Crippen molar-refractivity contribution >= 4 is 0 Å². The van der Waals surface area contributed by atoms with Crippen LogP contribution >= 0.6 is 0 Å². The van der Waals surface area contributed by atoms with Crippen molar-refractivity contribution in [2.75, 3.05) is 0 Å². The van der Waals surface area contributed by atoms with Gasteiger partial charge in [0.15, 0.2) is 5.82 Å². The van der Waals surface area contributed by atoms with Gasteiger partial charge in [-0.25, -0.2) is 9.97 Å². The van der Waals surface area contributed by atoms with E-state index >= 15 is 0 Å². The highest BCUT2D eigenvalue weighted by Crippen LogP contribution is 2.20. The predicted molar refractivity (Wildman–Crippen MR) is 137 cm³/mol. The number of hydrogen-bond donors (Lipinski definition) is 0. The second kappa shape index (κ2) is 17.4. The summed E-state index contributed by atoms with van der Waals surface area (Å²) in [5.74, 6) is 1.63. The summed E-state index contributed by atoms with van der Waals surface area (Å²) in [7, 11) is 0. The molecule has 0 saturated heterocycles. The monoisotopic (exact) mass is 436 g/mol. The number of nitrogens with zero attached hydrogens (tertiary/aromatic N) is 2. The summed E-state index contributed by atoms with van der Waals surface area (Å²) in [6.07, 6.45) is 27.4. The van der Waals surface area contributed by atoms with Crippen LogP contribution in [-0.2, 0) is 6.42 Å². The highest BCUT2D eigenvalue weighted by atomic mass is 16.5. The predicted octanol–water partition coefficient (Wildman–Crippen LogP) is 9.08. The molecule has 1 heterocycles. The molecule has 0 radical (unpaired) electrons. The van der Waals surface area contributed by atoms with E-state index < -0.39 is 0 Å². The molecule has 0 bridgehead atoms. The van der Waals surface area contributed by atoms with Crippen LogP contribution in [-0.4, -0.2) is 9.97 Å². The summed E-state index contributed by atoms with van der Waals surface area (Å²) in [6, 6.07) is 8.03. The van der Waals surface area contributed by atoms with Gasteiger partial charge in [-0.15, -0.1) is 0 Å². The van der Waals surface area contributed by atoms with E-state index in [2.05, 4.69) is 29.9 Å². The van der Waals surface area contributed by atoms with Gasteiger partial charge >= 0.3 is 0 Å². The Morgan fingerprint density at radius 2 is 1.25 bits per heavy atom. The van der Waals surface area contributed by atoms with Gasteiger partial charge in [0.2, 0.25) is 0 Å². The Bertz CT molecular complexity index is 722. The van der Waals surface area contributed by atoms with Crippen LogP contribution in [0, 0.1) is 0 Å². The Kier molecular flexibility index (Phi) is 14.2. The highest BCUT2D eigenvalue weighted by Gasteiger charge is 2.02. The Morgan fingerprint density at radius 1 is 0.688 bits per heavy atom. The van der Waals surface area contributed by atoms with E-state index in [0.717, 1.165) is 30.0 Å². The van der Waals surface area contributed by atoms with Crippen LogP contribution in [0.1, 0.15) is 109 Å². The summed E-state index contributed by atoms with van der Waals surface area (Å²) >= 11 is 0. The smallest absolute Gasteiger partial charge is 0.159 e. The quantitative estimate of drug-likeness (QED) is 0.173. The zero-order valence-electron chi connectivity index (χ0n) is 20.5. The lowest BCUT2D eigenvalue weighted by Gasteiger charge is -2.05. The van der Waals surface area contributed by atoms with Gasteiger partial charge in [-0.3, -0.25) is 0 Å². The standard InChI is InChI=1S/C29H44N2O/c1-3-5-7-9-10-11-12-13-15-17-23-32-28-21-19-27(20-22-28)29-30-24-26(25-31-29)18-16-14-8-6-4-2/h17,19-25H,3-16,18H2,1-2H3/b23-17-. The Hall–Kier alpha value is -2.16. The molecule has 0 N–H and O–H groups in total. The van der Waals surface area contributed by atoms with E-state index in [1.807, 2.05) is 42.9 Å². The van der Waals surface area contributed by atoms with Crippen molar-refractivity contribution in [2.24, 2.45) is 0 Å². The van der Waals surface area contributed by atoms with Crippen molar-refractivity contribution in [1.29, 1.82) is 0 Å². The molecule has 0 atom stereocenters. The van der Waals surface area contributed by atoms with Crippen LogP contribution in [0.15, 0.2) is 49.0 Å². The summed E-state index contributed by atoms with van der Waals surface area (Å²) in [6.45, 7) is 4.52. The average molecular weight is 437 g/mol. The molecular weight excluding hydrogens is 392 g/mol. The number of allylic oxidation sites excluding steroid dienone is 1. The fourth-order valence-corrected chi connectivity index (χ4v) is 3.84. The number of hydrogen-bond acceptors (Lipinski definition) is 3. The van der Waals surface area contributed by atoms with Gasteiger partial charge in [-0.2, -0.15) is 0 Å². The van der Waals surface area contributed by atoms with Crippen molar-refractivity contribution in [1.82, 2.24) is 9.97 Å². The molecule has 0 aliphatic heterocycles. The summed E-state index contributed by atoms with van der Waals surface area (Å²) < 4.78 is 5.74. The van der Waals surface area contributed by atoms with Crippen molar-refractivity contribution in [3.05, 3.63) is 54.6 Å². The first-order chi connectivity index (χ1) is 15.8. The third-order valence-electron chi connectivity index (χ3n) is 5.91. The zero-order valence-corrected chi connectivity index (χ0v) is 20.5. The van der Waals surface area contributed by atoms with Crippen molar-refractivity contribution in [2.45, 2.75) is 110 Å². The topological polar surface area (TPSA) is 35.0 Å². The molecular formula is C29H44N2O. The maximum atomic E-state index is 5.74. The second-order valence-electron chi connectivity index (χ2n) is 8.86. The molecule has 0 spiro atoms. The van der Waals surface area contributed by atoms with Gasteiger partial charge in [0, 0.05) is 18.0 Å². The molecule has 0 fully saturated rings. The van der Waals surface area contributed by atoms with Gasteiger partial charge in [0.05, 0.1) is 6.26 Å². The Balaban J connectivity index is 1.62. The maximum absolute atomic E-state index is 5.74. The van der Waals surface area contributed by atoms with Gasteiger partial charge in [-0.05, 0) is 61.6 Å². The SMILES string of the molecule is CCCCCCCCCC/C=C\Oc1ccc(-c2ncc(CCCCCCC)cn2)cc1. The number of aryl methyl sites for hydroxylation is 1. The van der Waals surface area contributed by atoms with Crippen LogP contribution in [0.5, 0.6) is 5.75 Å². The molecule has 1 aromatic carbocycles. The van der Waals surface area contributed by atoms with Crippen molar-refractivity contribution in [3.8, 4) is 17.1 Å². The second-order valence-corrected chi connectivity index (χ2v) is 8.86. The molecule has 0 aliphatic carbocycles. The normalized spacial score (nSPS) is 11.3. The van der Waals surface area contributed by atoms with Crippen LogP contribution < -0.4 is 4.74 Å². The molecule has 0 saturated carbocycles. The minimum atomic E-state index is 0.775. The largest absolute Gasteiger partial charge is 0.465 e. The molecule has 0 aliphatic rings. The minimum Gasteiger partial charge on any atom is -0.465 e. The molecule has 0 unspecified atom stereocenters. The number of unbranched alkanes of at least 4 members (excludes halogenated alkanes) is 12. The summed E-state index contributed by atoms with van der Waals surface area (Å²) in [5.41, 5.74) is 2.25. The van der Waals surface area contributed by atoms with E-state index in [0.29, 0.717) is 0 Å². The van der Waals surface area contributed by atoms with Crippen LogP contribution in [0.3, 0.4) is 0 Å². The molecule has 0 amide bonds. The van der Waals surface area contributed by atoms with E-state index in [1.54, 1.807) is 0 Å². The Morgan fingerprint density at radius 3 is 1.88 bits per heavy atom. The van der Waals surface area contributed by atoms with E-state index in [1.165, 1.54) is 89.0 Å². The van der Waals surface area contributed by atoms with E-state index in [4.69, 9.17) is 4.74 Å². The third-order valence-corrected chi connectivity index (χ3v) is 5.91. The van der Waals surface area contributed by atoms with Crippen molar-refractivity contribution in [3.63, 3.8) is 0 Å². The maximum Gasteiger partial charge on any atom is 0.159 e. The molecule has 3 nitrogen and oxygen atoms in total. The fraction of sp³-hybridized carbons (Fsp3) is 0.586. The first-order valence-corrected chi connectivity index (χ1v) is 13.1. The number of rotatable bonds is 18. The number of ether oxygens (including phenoxy) is 1. The van der Waals surface area contributed by atoms with Gasteiger partial charge in [-0.1, -0.05) is 84.5 Å². The Labute approximate surface area is 196 Å². The van der Waals surface area contributed by atoms with E-state index in [-0.39, 0.29) is 0 Å². The molecule has 2 rings (SSSR count). The van der Waals surface area contributed by atoms with Gasteiger partial charge in [0.1, 0.15) is 5.75 Å². The molecule has 1 aromatic heterocycles. The number of benzene rings is 1. The first-order valence-electron chi connectivity index (χ1n) is 13.1. The highest BCUT2D eigenvalue weighted by molar-refractivity contribution is 5.55. The van der Waals surface area contributed by atoms with E-state index in [9.17, 15) is 0 Å². The van der Waals surface area contributed by atoms with Crippen LogP contribution in [0.25, 0.3) is 11.4 Å². The molecule has 2 aromatic rings. The van der Waals surface area contributed by atoms with Gasteiger partial charge in [0.25, 0.3) is 0 Å².